The molecule has 0 saturated heterocycles. The zero-order valence-corrected chi connectivity index (χ0v) is 15.8. The van der Waals surface area contributed by atoms with Gasteiger partial charge >= 0.3 is 0 Å². The average Bonchev–Trinajstić information content (AvgIpc) is 2.60. The molecule has 3 nitrogen and oxygen atoms in total. The first-order valence-electron chi connectivity index (χ1n) is 7.27. The second-order valence-corrected chi connectivity index (χ2v) is 6.70. The molecule has 0 atom stereocenters. The molecule has 0 heterocycles. The predicted octanol–water partition coefficient (Wildman–Crippen LogP) is 5.41. The number of fused-ring (bicyclic) bond motifs is 1. The highest BCUT2D eigenvalue weighted by Crippen LogP contribution is 2.35. The Hall–Kier alpha value is -1.79. The Balaban J connectivity index is 1.92. The maximum atomic E-state index is 11.4. The molecule has 0 saturated carbocycles. The van der Waals surface area contributed by atoms with Crippen LogP contribution in [0.25, 0.3) is 10.8 Å². The fourth-order valence-corrected chi connectivity index (χ4v) is 3.41. The van der Waals surface area contributed by atoms with Crippen molar-refractivity contribution in [3.05, 3.63) is 69.3 Å². The second-order valence-electron chi connectivity index (χ2n) is 5.19. The molecular weight excluding hydrogens is 439 g/mol. The van der Waals surface area contributed by atoms with Crippen LogP contribution in [-0.2, 0) is 6.61 Å². The molecule has 122 valence electrons. The Labute approximate surface area is 158 Å². The van der Waals surface area contributed by atoms with E-state index in [4.69, 9.17) is 21.1 Å². The van der Waals surface area contributed by atoms with Crippen molar-refractivity contribution in [2.75, 3.05) is 7.11 Å². The van der Waals surface area contributed by atoms with Gasteiger partial charge in [0.25, 0.3) is 5.24 Å². The fraction of sp³-hybridized carbons (Fsp3) is 0.105. The van der Waals surface area contributed by atoms with Crippen LogP contribution in [0.5, 0.6) is 11.5 Å². The van der Waals surface area contributed by atoms with Gasteiger partial charge in [0.15, 0.2) is 11.5 Å². The van der Waals surface area contributed by atoms with Gasteiger partial charge in [-0.3, -0.25) is 4.79 Å². The quantitative estimate of drug-likeness (QED) is 0.383. The fourth-order valence-electron chi connectivity index (χ4n) is 2.54. The summed E-state index contributed by atoms with van der Waals surface area (Å²) in [5.74, 6) is 1.10. The largest absolute Gasteiger partial charge is 0.493 e. The number of carbonyl (C=O) groups is 1. The minimum atomic E-state index is -0.521. The number of ether oxygens (including phenoxy) is 2. The Morgan fingerprint density at radius 1 is 1.12 bits per heavy atom. The van der Waals surface area contributed by atoms with Crippen molar-refractivity contribution in [3.63, 3.8) is 0 Å². The van der Waals surface area contributed by atoms with Crippen molar-refractivity contribution in [2.45, 2.75) is 6.61 Å². The number of hydrogen-bond acceptors (Lipinski definition) is 3. The van der Waals surface area contributed by atoms with Crippen LogP contribution in [0.15, 0.2) is 54.6 Å². The summed E-state index contributed by atoms with van der Waals surface area (Å²) in [6, 6.07) is 17.6. The van der Waals surface area contributed by atoms with Crippen LogP contribution < -0.4 is 9.47 Å². The second kappa shape index (κ2) is 7.40. The van der Waals surface area contributed by atoms with Crippen LogP contribution in [-0.4, -0.2) is 12.4 Å². The van der Waals surface area contributed by atoms with E-state index in [9.17, 15) is 4.79 Å². The van der Waals surface area contributed by atoms with Crippen LogP contribution in [0.3, 0.4) is 0 Å². The van der Waals surface area contributed by atoms with Gasteiger partial charge in [0, 0.05) is 5.56 Å². The van der Waals surface area contributed by atoms with Crippen LogP contribution >= 0.6 is 34.2 Å². The monoisotopic (exact) mass is 452 g/mol. The molecule has 0 radical (unpaired) electrons. The number of halogens is 2. The van der Waals surface area contributed by atoms with E-state index in [1.807, 2.05) is 24.3 Å². The smallest absolute Gasteiger partial charge is 0.252 e. The molecule has 0 unspecified atom stereocenters. The lowest BCUT2D eigenvalue weighted by Crippen LogP contribution is -2.02. The van der Waals surface area contributed by atoms with Gasteiger partial charge in [0.1, 0.15) is 6.61 Å². The third kappa shape index (κ3) is 3.49. The van der Waals surface area contributed by atoms with E-state index in [-0.39, 0.29) is 0 Å². The molecule has 0 aromatic heterocycles. The van der Waals surface area contributed by atoms with E-state index >= 15 is 0 Å². The van der Waals surface area contributed by atoms with Crippen LogP contribution in [0.1, 0.15) is 15.9 Å². The van der Waals surface area contributed by atoms with Gasteiger partial charge in [-0.25, -0.2) is 0 Å². The molecule has 24 heavy (non-hydrogen) atoms. The summed E-state index contributed by atoms with van der Waals surface area (Å²) in [5, 5.41) is 1.80. The normalized spacial score (nSPS) is 10.6. The van der Waals surface area contributed by atoms with Gasteiger partial charge in [-0.05, 0) is 62.7 Å². The highest BCUT2D eigenvalue weighted by molar-refractivity contribution is 14.1. The minimum absolute atomic E-state index is 0.385. The average molecular weight is 453 g/mol. The first kappa shape index (κ1) is 17.0. The molecule has 3 rings (SSSR count). The van der Waals surface area contributed by atoms with Crippen LogP contribution in [0.2, 0.25) is 0 Å². The molecule has 0 amide bonds. The molecule has 0 spiro atoms. The summed E-state index contributed by atoms with van der Waals surface area (Å²) in [5.41, 5.74) is 1.47. The van der Waals surface area contributed by atoms with Gasteiger partial charge in [-0.1, -0.05) is 42.5 Å². The molecule has 3 aromatic carbocycles. The summed E-state index contributed by atoms with van der Waals surface area (Å²) in [6.45, 7) is 0.405. The Bertz CT molecular complexity index is 903. The first-order valence-corrected chi connectivity index (χ1v) is 8.72. The third-order valence-electron chi connectivity index (χ3n) is 3.71. The summed E-state index contributed by atoms with van der Waals surface area (Å²) in [7, 11) is 1.54. The van der Waals surface area contributed by atoms with Crippen molar-refractivity contribution in [2.24, 2.45) is 0 Å². The molecule has 0 bridgehead atoms. The lowest BCUT2D eigenvalue weighted by atomic mass is 10.1. The van der Waals surface area contributed by atoms with E-state index < -0.39 is 5.24 Å². The van der Waals surface area contributed by atoms with E-state index in [1.54, 1.807) is 19.2 Å². The van der Waals surface area contributed by atoms with E-state index in [1.165, 1.54) is 5.39 Å². The van der Waals surface area contributed by atoms with E-state index in [2.05, 4.69) is 40.8 Å². The summed E-state index contributed by atoms with van der Waals surface area (Å²) in [4.78, 5) is 11.4. The molecule has 0 aliphatic carbocycles. The Morgan fingerprint density at radius 2 is 1.88 bits per heavy atom. The van der Waals surface area contributed by atoms with Crippen molar-refractivity contribution >= 4 is 50.2 Å². The number of benzene rings is 3. The number of rotatable bonds is 5. The molecule has 0 N–H and O–H groups in total. The van der Waals surface area contributed by atoms with Crippen LogP contribution in [0.4, 0.5) is 0 Å². The van der Waals surface area contributed by atoms with Gasteiger partial charge in [-0.15, -0.1) is 0 Å². The Morgan fingerprint density at radius 3 is 2.62 bits per heavy atom. The van der Waals surface area contributed by atoms with Gasteiger partial charge in [-0.2, -0.15) is 0 Å². The minimum Gasteiger partial charge on any atom is -0.493 e. The molecule has 3 aromatic rings. The van der Waals surface area contributed by atoms with E-state index in [0.717, 1.165) is 14.5 Å². The van der Waals surface area contributed by atoms with Gasteiger partial charge in [0.2, 0.25) is 0 Å². The Kier molecular flexibility index (Phi) is 5.26. The number of carbonyl (C=O) groups excluding carboxylic acids is 1. The maximum absolute atomic E-state index is 11.4. The predicted molar refractivity (Wildman–Crippen MR) is 104 cm³/mol. The number of methoxy groups -OCH3 is 1. The van der Waals surface area contributed by atoms with Crippen molar-refractivity contribution < 1.29 is 14.3 Å². The highest BCUT2D eigenvalue weighted by atomic mass is 127. The summed E-state index contributed by atoms with van der Waals surface area (Å²) < 4.78 is 12.1. The first-order chi connectivity index (χ1) is 11.6. The zero-order chi connectivity index (χ0) is 17.1. The lowest BCUT2D eigenvalue weighted by Gasteiger charge is -2.14. The molecular formula is C19H14ClIO3. The zero-order valence-electron chi connectivity index (χ0n) is 12.9. The highest BCUT2D eigenvalue weighted by Gasteiger charge is 2.15. The van der Waals surface area contributed by atoms with Crippen LogP contribution in [0, 0.1) is 3.57 Å². The number of hydrogen-bond donors (Lipinski definition) is 0. The molecule has 0 aliphatic heterocycles. The van der Waals surface area contributed by atoms with Crippen molar-refractivity contribution in [1.82, 2.24) is 0 Å². The van der Waals surface area contributed by atoms with Gasteiger partial charge < -0.3 is 9.47 Å². The topological polar surface area (TPSA) is 35.5 Å². The molecule has 5 heteroatoms. The maximum Gasteiger partial charge on any atom is 0.252 e. The molecule has 0 aliphatic rings. The van der Waals surface area contributed by atoms with Gasteiger partial charge in [0.05, 0.1) is 10.7 Å². The standard InChI is InChI=1S/C19H14ClIO3/c1-23-17-10-14(19(20)22)9-16(21)18(17)24-11-13-7-4-6-12-5-2-3-8-15(12)13/h2-10H,11H2,1H3. The summed E-state index contributed by atoms with van der Waals surface area (Å²) in [6.07, 6.45) is 0. The lowest BCUT2D eigenvalue weighted by molar-refractivity contribution is 0.108. The third-order valence-corrected chi connectivity index (χ3v) is 4.73. The van der Waals surface area contributed by atoms with Crippen molar-refractivity contribution in [1.29, 1.82) is 0 Å². The molecule has 0 fully saturated rings. The SMILES string of the molecule is COc1cc(C(=O)Cl)cc(I)c1OCc1cccc2ccccc12. The van der Waals surface area contributed by atoms with Crippen molar-refractivity contribution in [3.8, 4) is 11.5 Å². The summed E-state index contributed by atoms with van der Waals surface area (Å²) >= 11 is 7.67. The van der Waals surface area contributed by atoms with E-state index in [0.29, 0.717) is 23.7 Å².